The minimum atomic E-state index is -0.166. The van der Waals surface area contributed by atoms with E-state index in [1.807, 2.05) is 43.3 Å². The van der Waals surface area contributed by atoms with Gasteiger partial charge in [-0.1, -0.05) is 30.4 Å². The van der Waals surface area contributed by atoms with Gasteiger partial charge in [0, 0.05) is 0 Å². The van der Waals surface area contributed by atoms with Gasteiger partial charge in [-0.3, -0.25) is 14.5 Å². The number of fused-ring (bicyclic) bond motifs is 5. The predicted molar refractivity (Wildman–Crippen MR) is 97.9 cm³/mol. The van der Waals surface area contributed by atoms with E-state index in [1.165, 1.54) is 4.90 Å². The minimum absolute atomic E-state index is 0.0515. The zero-order chi connectivity index (χ0) is 17.8. The molecule has 1 heterocycles. The number of allylic oxidation sites excluding steroid dienone is 2. The Morgan fingerprint density at radius 1 is 0.885 bits per heavy atom. The molecule has 26 heavy (non-hydrogen) atoms. The molecule has 0 N–H and O–H groups in total. The third-order valence-corrected chi connectivity index (χ3v) is 5.89. The SMILES string of the molecule is Cc1ccccc1Oc1ccc(N2C(=O)[C@H]3[C@H](C2=O)[C@H]2C=C[C@H]3C2)cc1. The van der Waals surface area contributed by atoms with Crippen LogP contribution in [0.1, 0.15) is 12.0 Å². The Kier molecular flexibility index (Phi) is 3.29. The number of amides is 2. The van der Waals surface area contributed by atoms with Gasteiger partial charge in [0.1, 0.15) is 11.5 Å². The van der Waals surface area contributed by atoms with Gasteiger partial charge in [0.2, 0.25) is 11.8 Å². The normalized spacial score (nSPS) is 28.7. The number of carbonyl (C=O) groups is 2. The van der Waals surface area contributed by atoms with Crippen molar-refractivity contribution in [2.24, 2.45) is 23.7 Å². The fourth-order valence-corrected chi connectivity index (χ4v) is 4.62. The monoisotopic (exact) mass is 345 g/mol. The first-order valence-electron chi connectivity index (χ1n) is 9.03. The highest BCUT2D eigenvalue weighted by Crippen LogP contribution is 2.53. The van der Waals surface area contributed by atoms with Crippen molar-refractivity contribution < 1.29 is 14.3 Å². The third-order valence-electron chi connectivity index (χ3n) is 5.89. The van der Waals surface area contributed by atoms with Crippen molar-refractivity contribution in [1.29, 1.82) is 0 Å². The average Bonchev–Trinajstić information content (AvgIpc) is 3.32. The highest BCUT2D eigenvalue weighted by molar-refractivity contribution is 6.22. The average molecular weight is 345 g/mol. The fraction of sp³-hybridized carbons (Fsp3) is 0.273. The molecule has 0 spiro atoms. The zero-order valence-corrected chi connectivity index (χ0v) is 14.5. The van der Waals surface area contributed by atoms with Gasteiger partial charge in [0.15, 0.2) is 0 Å². The first-order valence-corrected chi connectivity index (χ1v) is 9.03. The first kappa shape index (κ1) is 15.4. The van der Waals surface area contributed by atoms with Gasteiger partial charge >= 0.3 is 0 Å². The summed E-state index contributed by atoms with van der Waals surface area (Å²) in [6.07, 6.45) is 5.17. The Balaban J connectivity index is 1.39. The van der Waals surface area contributed by atoms with E-state index in [0.29, 0.717) is 11.4 Å². The second-order valence-electron chi connectivity index (χ2n) is 7.37. The lowest BCUT2D eigenvalue weighted by Crippen LogP contribution is -2.32. The van der Waals surface area contributed by atoms with Crippen LogP contribution in [0.2, 0.25) is 0 Å². The van der Waals surface area contributed by atoms with E-state index < -0.39 is 0 Å². The quantitative estimate of drug-likeness (QED) is 0.621. The molecule has 4 nitrogen and oxygen atoms in total. The zero-order valence-electron chi connectivity index (χ0n) is 14.5. The Morgan fingerprint density at radius 2 is 1.50 bits per heavy atom. The van der Waals surface area contributed by atoms with Gasteiger partial charge in [0.05, 0.1) is 17.5 Å². The molecule has 5 rings (SSSR count). The summed E-state index contributed by atoms with van der Waals surface area (Å²) in [6, 6.07) is 15.0. The standard InChI is InChI=1S/C22H19NO3/c1-13-4-2-3-5-18(13)26-17-10-8-16(9-11-17)23-21(24)19-14-6-7-15(12-14)20(19)22(23)25/h2-11,14-15,19-20H,12H2,1H3/t14-,15-,19+,20+/m0/s1. The molecule has 0 radical (unpaired) electrons. The number of anilines is 1. The van der Waals surface area contributed by atoms with Crippen molar-refractivity contribution >= 4 is 17.5 Å². The highest BCUT2D eigenvalue weighted by Gasteiger charge is 2.59. The van der Waals surface area contributed by atoms with Crippen LogP contribution in [0.15, 0.2) is 60.7 Å². The van der Waals surface area contributed by atoms with Crippen LogP contribution in [0.3, 0.4) is 0 Å². The molecule has 130 valence electrons. The molecule has 2 bridgehead atoms. The van der Waals surface area contributed by atoms with Crippen LogP contribution >= 0.6 is 0 Å². The number of benzene rings is 2. The molecule has 2 aliphatic carbocycles. The van der Waals surface area contributed by atoms with Gasteiger partial charge in [0.25, 0.3) is 0 Å². The summed E-state index contributed by atoms with van der Waals surface area (Å²) >= 11 is 0. The predicted octanol–water partition coefficient (Wildman–Crippen LogP) is 4.10. The maximum Gasteiger partial charge on any atom is 0.238 e. The van der Waals surface area contributed by atoms with Crippen LogP contribution in [-0.4, -0.2) is 11.8 Å². The molecule has 2 aromatic carbocycles. The number of aryl methyl sites for hydroxylation is 1. The lowest BCUT2D eigenvalue weighted by Gasteiger charge is -2.17. The van der Waals surface area contributed by atoms with Gasteiger partial charge < -0.3 is 4.74 Å². The van der Waals surface area contributed by atoms with Crippen molar-refractivity contribution in [1.82, 2.24) is 0 Å². The van der Waals surface area contributed by atoms with E-state index in [0.717, 1.165) is 17.7 Å². The van der Waals surface area contributed by atoms with Crippen molar-refractivity contribution in [3.63, 3.8) is 0 Å². The molecule has 2 aromatic rings. The van der Waals surface area contributed by atoms with Crippen LogP contribution in [0, 0.1) is 30.6 Å². The molecule has 1 saturated carbocycles. The number of para-hydroxylation sites is 1. The summed E-state index contributed by atoms with van der Waals surface area (Å²) in [5.41, 5.74) is 1.68. The molecule has 4 atom stereocenters. The summed E-state index contributed by atoms with van der Waals surface area (Å²) in [5.74, 6) is 1.51. The van der Waals surface area contributed by atoms with Crippen LogP contribution in [0.4, 0.5) is 5.69 Å². The Morgan fingerprint density at radius 3 is 2.12 bits per heavy atom. The van der Waals surface area contributed by atoms with Gasteiger partial charge in [-0.25, -0.2) is 0 Å². The number of imide groups is 1. The van der Waals surface area contributed by atoms with Crippen LogP contribution in [0.25, 0.3) is 0 Å². The van der Waals surface area contributed by atoms with Gasteiger partial charge in [-0.05, 0) is 61.1 Å². The number of hydrogen-bond donors (Lipinski definition) is 0. The number of hydrogen-bond acceptors (Lipinski definition) is 3. The summed E-state index contributed by atoms with van der Waals surface area (Å²) in [4.78, 5) is 27.1. The van der Waals surface area contributed by atoms with E-state index in [-0.39, 0.29) is 35.5 Å². The Labute approximate surface area is 152 Å². The fourth-order valence-electron chi connectivity index (χ4n) is 4.62. The van der Waals surface area contributed by atoms with E-state index in [9.17, 15) is 9.59 Å². The minimum Gasteiger partial charge on any atom is -0.457 e. The van der Waals surface area contributed by atoms with Crippen LogP contribution in [-0.2, 0) is 9.59 Å². The molecule has 3 aliphatic rings. The third kappa shape index (κ3) is 2.15. The van der Waals surface area contributed by atoms with Crippen molar-refractivity contribution in [3.05, 3.63) is 66.2 Å². The topological polar surface area (TPSA) is 46.6 Å². The van der Waals surface area contributed by atoms with E-state index in [4.69, 9.17) is 4.74 Å². The van der Waals surface area contributed by atoms with Gasteiger partial charge in [-0.15, -0.1) is 0 Å². The maximum absolute atomic E-state index is 12.8. The maximum atomic E-state index is 12.8. The summed E-state index contributed by atoms with van der Waals surface area (Å²) in [6.45, 7) is 1.99. The smallest absolute Gasteiger partial charge is 0.238 e. The molecule has 1 aliphatic heterocycles. The van der Waals surface area contributed by atoms with E-state index >= 15 is 0 Å². The van der Waals surface area contributed by atoms with Crippen LogP contribution in [0.5, 0.6) is 11.5 Å². The summed E-state index contributed by atoms with van der Waals surface area (Å²) in [7, 11) is 0. The summed E-state index contributed by atoms with van der Waals surface area (Å²) in [5, 5.41) is 0. The van der Waals surface area contributed by atoms with E-state index in [2.05, 4.69) is 12.2 Å². The number of rotatable bonds is 3. The number of nitrogens with zero attached hydrogens (tertiary/aromatic N) is 1. The second-order valence-corrected chi connectivity index (χ2v) is 7.37. The van der Waals surface area contributed by atoms with Crippen LogP contribution < -0.4 is 9.64 Å². The van der Waals surface area contributed by atoms with Crippen molar-refractivity contribution in [3.8, 4) is 11.5 Å². The van der Waals surface area contributed by atoms with E-state index in [1.54, 1.807) is 12.1 Å². The van der Waals surface area contributed by atoms with Crippen molar-refractivity contribution in [2.75, 3.05) is 4.90 Å². The molecule has 0 unspecified atom stereocenters. The molecule has 2 amide bonds. The Hall–Kier alpha value is -2.88. The lowest BCUT2D eigenvalue weighted by molar-refractivity contribution is -0.123. The second kappa shape index (κ2) is 5.56. The van der Waals surface area contributed by atoms with Crippen molar-refractivity contribution in [2.45, 2.75) is 13.3 Å². The summed E-state index contributed by atoms with van der Waals surface area (Å²) < 4.78 is 5.90. The molecule has 0 aromatic heterocycles. The highest BCUT2D eigenvalue weighted by atomic mass is 16.5. The molecule has 1 saturated heterocycles. The molecular weight excluding hydrogens is 326 g/mol. The first-order chi connectivity index (χ1) is 12.6. The number of carbonyl (C=O) groups excluding carboxylic acids is 2. The number of ether oxygens (including phenoxy) is 1. The lowest BCUT2D eigenvalue weighted by atomic mass is 9.85. The molecular formula is C22H19NO3. The molecule has 4 heteroatoms. The Bertz CT molecular complexity index is 901. The largest absolute Gasteiger partial charge is 0.457 e. The molecule has 2 fully saturated rings. The van der Waals surface area contributed by atoms with Gasteiger partial charge in [-0.2, -0.15) is 0 Å².